The molecule has 4 nitrogen and oxygen atoms in total. The van der Waals surface area contributed by atoms with Crippen LogP contribution in [0.15, 0.2) is 18.2 Å². The molecule has 0 radical (unpaired) electrons. The van der Waals surface area contributed by atoms with Crippen LogP contribution in [0.3, 0.4) is 0 Å². The van der Waals surface area contributed by atoms with Gasteiger partial charge in [-0.3, -0.25) is 9.69 Å². The lowest BCUT2D eigenvalue weighted by Gasteiger charge is -2.38. The number of rotatable bonds is 6. The van der Waals surface area contributed by atoms with E-state index in [-0.39, 0.29) is 11.9 Å². The Morgan fingerprint density at radius 1 is 1.35 bits per heavy atom. The van der Waals surface area contributed by atoms with E-state index in [0.29, 0.717) is 18.7 Å². The van der Waals surface area contributed by atoms with Gasteiger partial charge >= 0.3 is 0 Å². The van der Waals surface area contributed by atoms with Crippen LogP contribution in [0.5, 0.6) is 5.75 Å². The molecule has 0 aliphatic carbocycles. The molecule has 2 rings (SSSR count). The third-order valence-electron chi connectivity index (χ3n) is 4.28. The summed E-state index contributed by atoms with van der Waals surface area (Å²) in [7, 11) is 0. The summed E-state index contributed by atoms with van der Waals surface area (Å²) in [6, 6.07) is 6.71. The minimum atomic E-state index is -0.00677. The standard InChI is InChI=1S/C19H30N2O2/c1-6-10-21(14(4)5)15-11-17-16(19(22)20-13(2)3)8-7-9-18(17)23-12-15/h7-9,13-15H,6,10-12H2,1-5H3,(H,20,22)/t15-/m0/s1. The van der Waals surface area contributed by atoms with Gasteiger partial charge in [0.15, 0.2) is 0 Å². The number of carbonyl (C=O) groups excluding carboxylic acids is 1. The average Bonchev–Trinajstić information content (AvgIpc) is 2.50. The molecule has 1 aromatic carbocycles. The van der Waals surface area contributed by atoms with E-state index in [0.717, 1.165) is 36.3 Å². The number of ether oxygens (including phenoxy) is 1. The van der Waals surface area contributed by atoms with Crippen molar-refractivity contribution in [1.29, 1.82) is 0 Å². The molecule has 1 heterocycles. The summed E-state index contributed by atoms with van der Waals surface area (Å²) in [6.45, 7) is 12.4. The summed E-state index contributed by atoms with van der Waals surface area (Å²) in [4.78, 5) is 15.0. The minimum Gasteiger partial charge on any atom is -0.492 e. The molecular formula is C19H30N2O2. The Hall–Kier alpha value is -1.55. The molecule has 0 bridgehead atoms. The fourth-order valence-electron chi connectivity index (χ4n) is 3.28. The predicted octanol–water partition coefficient (Wildman–Crippen LogP) is 3.25. The molecule has 0 aromatic heterocycles. The first-order valence-corrected chi connectivity index (χ1v) is 8.75. The monoisotopic (exact) mass is 318 g/mol. The second-order valence-electron chi connectivity index (χ2n) is 6.91. The van der Waals surface area contributed by atoms with Crippen molar-refractivity contribution in [2.45, 2.75) is 65.6 Å². The molecule has 128 valence electrons. The molecule has 1 amide bonds. The highest BCUT2D eigenvalue weighted by Crippen LogP contribution is 2.30. The molecule has 23 heavy (non-hydrogen) atoms. The van der Waals surface area contributed by atoms with Gasteiger partial charge in [-0.2, -0.15) is 0 Å². The van der Waals surface area contributed by atoms with Gasteiger partial charge in [-0.05, 0) is 59.2 Å². The van der Waals surface area contributed by atoms with Gasteiger partial charge in [0.2, 0.25) is 0 Å². The fourth-order valence-corrected chi connectivity index (χ4v) is 3.28. The zero-order valence-corrected chi connectivity index (χ0v) is 15.1. The van der Waals surface area contributed by atoms with E-state index in [1.165, 1.54) is 0 Å². The number of nitrogens with one attached hydrogen (secondary N) is 1. The smallest absolute Gasteiger partial charge is 0.251 e. The molecular weight excluding hydrogens is 288 g/mol. The number of benzene rings is 1. The van der Waals surface area contributed by atoms with Crippen LogP contribution in [0.4, 0.5) is 0 Å². The van der Waals surface area contributed by atoms with Crippen LogP contribution >= 0.6 is 0 Å². The van der Waals surface area contributed by atoms with Crippen LogP contribution in [0.25, 0.3) is 0 Å². The third kappa shape index (κ3) is 4.25. The molecule has 1 N–H and O–H groups in total. The lowest BCUT2D eigenvalue weighted by molar-refractivity contribution is 0.0887. The Balaban J connectivity index is 2.26. The molecule has 0 spiro atoms. The van der Waals surface area contributed by atoms with Crippen LogP contribution in [0, 0.1) is 0 Å². The predicted molar refractivity (Wildman–Crippen MR) is 94.2 cm³/mol. The lowest BCUT2D eigenvalue weighted by atomic mass is 9.95. The van der Waals surface area contributed by atoms with Crippen LogP contribution in [-0.2, 0) is 6.42 Å². The molecule has 1 aromatic rings. The normalized spacial score (nSPS) is 17.3. The van der Waals surface area contributed by atoms with Crippen molar-refractivity contribution in [2.75, 3.05) is 13.2 Å². The van der Waals surface area contributed by atoms with Crippen LogP contribution in [-0.4, -0.2) is 42.1 Å². The van der Waals surface area contributed by atoms with Crippen LogP contribution < -0.4 is 10.1 Å². The topological polar surface area (TPSA) is 41.6 Å². The number of nitrogens with zero attached hydrogens (tertiary/aromatic N) is 1. The molecule has 0 saturated heterocycles. The Kier molecular flexibility index (Phi) is 6.05. The highest BCUT2D eigenvalue weighted by molar-refractivity contribution is 5.96. The van der Waals surface area contributed by atoms with Gasteiger partial charge in [-0.15, -0.1) is 0 Å². The zero-order chi connectivity index (χ0) is 17.0. The molecule has 1 aliphatic heterocycles. The van der Waals surface area contributed by atoms with Gasteiger partial charge in [0.25, 0.3) is 5.91 Å². The van der Waals surface area contributed by atoms with Gasteiger partial charge in [0, 0.05) is 29.3 Å². The van der Waals surface area contributed by atoms with Crippen molar-refractivity contribution in [2.24, 2.45) is 0 Å². The van der Waals surface area contributed by atoms with E-state index < -0.39 is 0 Å². The van der Waals surface area contributed by atoms with E-state index in [1.54, 1.807) is 0 Å². The highest BCUT2D eigenvalue weighted by Gasteiger charge is 2.29. The largest absolute Gasteiger partial charge is 0.492 e. The van der Waals surface area contributed by atoms with Crippen molar-refractivity contribution in [3.05, 3.63) is 29.3 Å². The van der Waals surface area contributed by atoms with Crippen molar-refractivity contribution in [3.8, 4) is 5.75 Å². The van der Waals surface area contributed by atoms with Crippen LogP contribution in [0.1, 0.15) is 57.0 Å². The quantitative estimate of drug-likeness (QED) is 0.875. The number of hydrogen-bond donors (Lipinski definition) is 1. The summed E-state index contributed by atoms with van der Waals surface area (Å²) >= 11 is 0. The summed E-state index contributed by atoms with van der Waals surface area (Å²) in [6.07, 6.45) is 1.99. The summed E-state index contributed by atoms with van der Waals surface area (Å²) in [5.41, 5.74) is 1.80. The maximum Gasteiger partial charge on any atom is 0.251 e. The zero-order valence-electron chi connectivity index (χ0n) is 15.1. The number of fused-ring (bicyclic) bond motifs is 1. The Morgan fingerprint density at radius 2 is 2.09 bits per heavy atom. The van der Waals surface area contributed by atoms with Crippen molar-refractivity contribution >= 4 is 5.91 Å². The average molecular weight is 318 g/mol. The number of carbonyl (C=O) groups is 1. The van der Waals surface area contributed by atoms with Crippen molar-refractivity contribution in [3.63, 3.8) is 0 Å². The molecule has 0 fully saturated rings. The SMILES string of the molecule is CCCN(C(C)C)[C@@H]1COc2cccc(C(=O)NC(C)C)c2C1. The summed E-state index contributed by atoms with van der Waals surface area (Å²) in [5, 5.41) is 2.99. The van der Waals surface area contributed by atoms with Gasteiger partial charge in [0.05, 0.1) is 0 Å². The van der Waals surface area contributed by atoms with E-state index in [1.807, 2.05) is 32.0 Å². The van der Waals surface area contributed by atoms with Crippen LogP contribution in [0.2, 0.25) is 0 Å². The maximum absolute atomic E-state index is 12.5. The first kappa shape index (κ1) is 17.8. The first-order chi connectivity index (χ1) is 10.9. The van der Waals surface area contributed by atoms with E-state index in [2.05, 4.69) is 31.0 Å². The summed E-state index contributed by atoms with van der Waals surface area (Å²) in [5.74, 6) is 0.852. The van der Waals surface area contributed by atoms with Gasteiger partial charge in [-0.25, -0.2) is 0 Å². The Morgan fingerprint density at radius 3 is 2.70 bits per heavy atom. The highest BCUT2D eigenvalue weighted by atomic mass is 16.5. The molecule has 0 unspecified atom stereocenters. The Bertz CT molecular complexity index is 540. The van der Waals surface area contributed by atoms with E-state index >= 15 is 0 Å². The second-order valence-corrected chi connectivity index (χ2v) is 6.91. The molecule has 1 aliphatic rings. The first-order valence-electron chi connectivity index (χ1n) is 8.75. The maximum atomic E-state index is 12.5. The molecule has 0 saturated carbocycles. The van der Waals surface area contributed by atoms with Gasteiger partial charge in [0.1, 0.15) is 12.4 Å². The van der Waals surface area contributed by atoms with Gasteiger partial charge in [-0.1, -0.05) is 13.0 Å². The molecule has 4 heteroatoms. The van der Waals surface area contributed by atoms with E-state index in [4.69, 9.17) is 4.74 Å². The van der Waals surface area contributed by atoms with E-state index in [9.17, 15) is 4.79 Å². The van der Waals surface area contributed by atoms with Crippen molar-refractivity contribution in [1.82, 2.24) is 10.2 Å². The fraction of sp³-hybridized carbons (Fsp3) is 0.632. The molecule has 1 atom stereocenters. The minimum absolute atomic E-state index is 0.00677. The Labute approximate surface area is 140 Å². The lowest BCUT2D eigenvalue weighted by Crippen LogP contribution is -2.47. The number of hydrogen-bond acceptors (Lipinski definition) is 3. The van der Waals surface area contributed by atoms with Crippen molar-refractivity contribution < 1.29 is 9.53 Å². The third-order valence-corrected chi connectivity index (χ3v) is 4.28. The van der Waals surface area contributed by atoms with Gasteiger partial charge < -0.3 is 10.1 Å². The second kappa shape index (κ2) is 7.82. The number of amides is 1. The summed E-state index contributed by atoms with van der Waals surface area (Å²) < 4.78 is 5.99.